The molecule has 6 nitrogen and oxygen atoms in total. The van der Waals surface area contributed by atoms with Gasteiger partial charge in [-0.25, -0.2) is 0 Å². The van der Waals surface area contributed by atoms with Crippen LogP contribution in [0.5, 0.6) is 0 Å². The van der Waals surface area contributed by atoms with Gasteiger partial charge in [-0.05, 0) is 44.7 Å². The topological polar surface area (TPSA) is 76.1 Å². The number of para-hydroxylation sites is 1. The molecule has 27 heavy (non-hydrogen) atoms. The summed E-state index contributed by atoms with van der Waals surface area (Å²) < 4.78 is 6.05. The molecule has 1 atom stereocenters. The van der Waals surface area contributed by atoms with Gasteiger partial charge in [0.2, 0.25) is 11.0 Å². The minimum Gasteiger partial charge on any atom is -0.382 e. The summed E-state index contributed by atoms with van der Waals surface area (Å²) >= 11 is 2.89. The third-order valence-electron chi connectivity index (χ3n) is 3.99. The Morgan fingerprint density at radius 3 is 2.89 bits per heavy atom. The summed E-state index contributed by atoms with van der Waals surface area (Å²) in [4.78, 5) is 12.2. The van der Waals surface area contributed by atoms with E-state index in [0.29, 0.717) is 19.8 Å². The Morgan fingerprint density at radius 1 is 1.33 bits per heavy atom. The number of nitrogens with one attached hydrogen (secondary N) is 2. The molecular formula is C19H28N4O2S2. The molecule has 0 aliphatic heterocycles. The normalized spacial score (nSPS) is 12.0. The van der Waals surface area contributed by atoms with E-state index in [-0.39, 0.29) is 11.2 Å². The van der Waals surface area contributed by atoms with E-state index < -0.39 is 0 Å². The molecule has 148 valence electrons. The first kappa shape index (κ1) is 21.7. The molecule has 1 aromatic heterocycles. The summed E-state index contributed by atoms with van der Waals surface area (Å²) in [6.07, 6.45) is 1.77. The van der Waals surface area contributed by atoms with Crippen LogP contribution in [0.3, 0.4) is 0 Å². The fourth-order valence-electron chi connectivity index (χ4n) is 2.50. The summed E-state index contributed by atoms with van der Waals surface area (Å²) in [5.41, 5.74) is 3.52. The van der Waals surface area contributed by atoms with Crippen molar-refractivity contribution in [2.24, 2.45) is 0 Å². The van der Waals surface area contributed by atoms with Crippen molar-refractivity contribution in [3.63, 3.8) is 0 Å². The van der Waals surface area contributed by atoms with E-state index in [0.717, 1.165) is 28.0 Å². The second-order valence-electron chi connectivity index (χ2n) is 6.06. The van der Waals surface area contributed by atoms with Gasteiger partial charge in [0, 0.05) is 25.4 Å². The molecule has 0 aliphatic rings. The molecule has 2 aromatic rings. The summed E-state index contributed by atoms with van der Waals surface area (Å²) in [7, 11) is 0. The molecular weight excluding hydrogens is 380 g/mol. The number of rotatable bonds is 11. The van der Waals surface area contributed by atoms with Crippen molar-refractivity contribution in [3.05, 3.63) is 29.3 Å². The number of aryl methyl sites for hydroxylation is 2. The first-order chi connectivity index (χ1) is 13.0. The molecule has 1 amide bonds. The van der Waals surface area contributed by atoms with Crippen molar-refractivity contribution in [1.82, 2.24) is 15.5 Å². The van der Waals surface area contributed by atoms with E-state index in [1.807, 2.05) is 13.8 Å². The van der Waals surface area contributed by atoms with Gasteiger partial charge in [0.05, 0.1) is 5.25 Å². The number of carbonyl (C=O) groups is 1. The quantitative estimate of drug-likeness (QED) is 0.429. The van der Waals surface area contributed by atoms with Crippen LogP contribution in [0.15, 0.2) is 22.5 Å². The van der Waals surface area contributed by atoms with Crippen LogP contribution in [0.1, 0.15) is 38.3 Å². The molecule has 1 unspecified atom stereocenters. The Morgan fingerprint density at radius 2 is 2.15 bits per heavy atom. The van der Waals surface area contributed by atoms with Gasteiger partial charge >= 0.3 is 0 Å². The second-order valence-corrected chi connectivity index (χ2v) is 8.63. The van der Waals surface area contributed by atoms with E-state index in [4.69, 9.17) is 4.74 Å². The van der Waals surface area contributed by atoms with Crippen LogP contribution in [-0.4, -0.2) is 41.1 Å². The zero-order valence-electron chi connectivity index (χ0n) is 16.4. The molecule has 0 spiro atoms. The zero-order valence-corrected chi connectivity index (χ0v) is 18.0. The van der Waals surface area contributed by atoms with Crippen molar-refractivity contribution in [3.8, 4) is 0 Å². The maximum absolute atomic E-state index is 12.2. The first-order valence-corrected chi connectivity index (χ1v) is 11.0. The smallest absolute Gasteiger partial charge is 0.233 e. The number of thioether (sulfide) groups is 1. The fourth-order valence-corrected chi connectivity index (χ4v) is 4.42. The molecule has 0 saturated heterocycles. The Balaban J connectivity index is 1.87. The predicted octanol–water partition coefficient (Wildman–Crippen LogP) is 4.18. The zero-order chi connectivity index (χ0) is 19.6. The van der Waals surface area contributed by atoms with Crippen molar-refractivity contribution >= 4 is 39.8 Å². The fraction of sp³-hybridized carbons (Fsp3) is 0.526. The summed E-state index contributed by atoms with van der Waals surface area (Å²) in [6, 6.07) is 6.26. The second kappa shape index (κ2) is 11.3. The van der Waals surface area contributed by atoms with Crippen molar-refractivity contribution in [1.29, 1.82) is 0 Å². The molecule has 0 radical (unpaired) electrons. The monoisotopic (exact) mass is 408 g/mol. The van der Waals surface area contributed by atoms with E-state index >= 15 is 0 Å². The molecule has 0 saturated carbocycles. The maximum Gasteiger partial charge on any atom is 0.233 e. The van der Waals surface area contributed by atoms with Crippen molar-refractivity contribution in [2.45, 2.75) is 50.1 Å². The van der Waals surface area contributed by atoms with Crippen LogP contribution in [0.25, 0.3) is 0 Å². The molecule has 0 bridgehead atoms. The van der Waals surface area contributed by atoms with Gasteiger partial charge in [0.1, 0.15) is 0 Å². The van der Waals surface area contributed by atoms with Gasteiger partial charge in [0.15, 0.2) is 4.34 Å². The maximum atomic E-state index is 12.2. The van der Waals surface area contributed by atoms with Gasteiger partial charge < -0.3 is 15.4 Å². The lowest BCUT2D eigenvalue weighted by Crippen LogP contribution is -2.32. The first-order valence-electron chi connectivity index (χ1n) is 9.26. The standard InChI is InChI=1S/C19H28N4O2S2/c1-5-15-10-7-9-13(3)16(15)21-18-22-23-19(27-18)26-14(4)17(24)20-11-8-12-25-6-2/h7,9-10,14H,5-6,8,11-12H2,1-4H3,(H,20,24)(H,21,22). The highest BCUT2D eigenvalue weighted by Crippen LogP contribution is 2.32. The van der Waals surface area contributed by atoms with Crippen LogP contribution < -0.4 is 10.6 Å². The molecule has 1 aromatic carbocycles. The lowest BCUT2D eigenvalue weighted by atomic mass is 10.1. The highest BCUT2D eigenvalue weighted by molar-refractivity contribution is 8.02. The molecule has 0 aliphatic carbocycles. The number of amides is 1. The number of hydrogen-bond acceptors (Lipinski definition) is 7. The molecule has 2 N–H and O–H groups in total. The van der Waals surface area contributed by atoms with E-state index in [1.165, 1.54) is 34.2 Å². The molecule has 0 fully saturated rings. The van der Waals surface area contributed by atoms with Gasteiger partial charge in [-0.15, -0.1) is 10.2 Å². The summed E-state index contributed by atoms with van der Waals surface area (Å²) in [5, 5.41) is 15.3. The van der Waals surface area contributed by atoms with E-state index in [1.54, 1.807) is 0 Å². The minimum absolute atomic E-state index is 0.00776. The third kappa shape index (κ3) is 6.79. The number of benzene rings is 1. The van der Waals surface area contributed by atoms with Gasteiger partial charge in [-0.1, -0.05) is 48.2 Å². The van der Waals surface area contributed by atoms with Crippen LogP contribution in [0.2, 0.25) is 0 Å². The average Bonchev–Trinajstić information content (AvgIpc) is 3.10. The van der Waals surface area contributed by atoms with Crippen molar-refractivity contribution < 1.29 is 9.53 Å². The third-order valence-corrected chi connectivity index (χ3v) is 6.02. The number of aromatic nitrogens is 2. The van der Waals surface area contributed by atoms with Crippen LogP contribution in [-0.2, 0) is 16.0 Å². The lowest BCUT2D eigenvalue weighted by Gasteiger charge is -2.11. The van der Waals surface area contributed by atoms with Crippen molar-refractivity contribution in [2.75, 3.05) is 25.1 Å². The summed E-state index contributed by atoms with van der Waals surface area (Å²) in [5.74, 6) is 0.00776. The molecule has 2 rings (SSSR count). The highest BCUT2D eigenvalue weighted by Gasteiger charge is 2.17. The number of ether oxygens (including phenoxy) is 1. The Kier molecular flexibility index (Phi) is 9.03. The van der Waals surface area contributed by atoms with Crippen LogP contribution in [0.4, 0.5) is 10.8 Å². The molecule has 8 heteroatoms. The Hall–Kier alpha value is -1.64. The number of nitrogens with zero attached hydrogens (tertiary/aromatic N) is 2. The van der Waals surface area contributed by atoms with Gasteiger partial charge in [-0.3, -0.25) is 4.79 Å². The largest absolute Gasteiger partial charge is 0.382 e. The SMILES string of the molecule is CCOCCCNC(=O)C(C)Sc1nnc(Nc2c(C)cccc2CC)s1. The number of hydrogen-bond donors (Lipinski definition) is 2. The predicted molar refractivity (Wildman–Crippen MR) is 113 cm³/mol. The Labute approximate surface area is 169 Å². The van der Waals surface area contributed by atoms with Crippen LogP contribution >= 0.6 is 23.1 Å². The Bertz CT molecular complexity index is 736. The average molecular weight is 409 g/mol. The van der Waals surface area contributed by atoms with Crippen LogP contribution in [0, 0.1) is 6.92 Å². The highest BCUT2D eigenvalue weighted by atomic mass is 32.2. The number of anilines is 2. The lowest BCUT2D eigenvalue weighted by molar-refractivity contribution is -0.120. The molecule has 1 heterocycles. The van der Waals surface area contributed by atoms with Gasteiger partial charge in [-0.2, -0.15) is 0 Å². The van der Waals surface area contributed by atoms with E-state index in [2.05, 4.69) is 52.9 Å². The number of carbonyl (C=O) groups excluding carboxylic acids is 1. The van der Waals surface area contributed by atoms with E-state index in [9.17, 15) is 4.79 Å². The summed E-state index contributed by atoms with van der Waals surface area (Å²) in [6.45, 7) is 10.1. The van der Waals surface area contributed by atoms with Gasteiger partial charge in [0.25, 0.3) is 0 Å². The minimum atomic E-state index is -0.220.